The van der Waals surface area contributed by atoms with Crippen molar-refractivity contribution in [1.82, 2.24) is 19.7 Å². The first-order valence-electron chi connectivity index (χ1n) is 6.31. The van der Waals surface area contributed by atoms with Gasteiger partial charge in [0.05, 0.1) is 27.9 Å². The lowest BCUT2D eigenvalue weighted by molar-refractivity contribution is 0.209. The Morgan fingerprint density at radius 1 is 1.30 bits per heavy atom. The molecule has 1 atom stereocenters. The van der Waals surface area contributed by atoms with Gasteiger partial charge in [0.2, 0.25) is 0 Å². The molecule has 0 saturated carbocycles. The Bertz CT molecular complexity index is 751. The van der Waals surface area contributed by atoms with E-state index in [-0.39, 0.29) is 0 Å². The molecule has 1 N–H and O–H groups in total. The number of para-hydroxylation sites is 1. The van der Waals surface area contributed by atoms with Crippen LogP contribution in [0.2, 0.25) is 5.02 Å². The highest BCUT2D eigenvalue weighted by molar-refractivity contribution is 6.31. The Labute approximate surface area is 120 Å². The third kappa shape index (κ3) is 2.05. The van der Waals surface area contributed by atoms with E-state index in [2.05, 4.69) is 15.1 Å². The summed E-state index contributed by atoms with van der Waals surface area (Å²) in [5.41, 5.74) is 2.66. The molecule has 1 unspecified atom stereocenters. The summed E-state index contributed by atoms with van der Waals surface area (Å²) >= 11 is 6.14. The molecule has 0 aliphatic rings. The average Bonchev–Trinajstić information content (AvgIpc) is 2.87. The molecule has 0 amide bonds. The third-order valence-corrected chi connectivity index (χ3v) is 3.51. The van der Waals surface area contributed by atoms with Gasteiger partial charge in [0.1, 0.15) is 6.10 Å². The molecule has 0 spiro atoms. The number of fused-ring (bicyclic) bond motifs is 1. The molecule has 5 nitrogen and oxygen atoms in total. The number of aliphatic hydroxyl groups is 1. The fraction of sp³-hybridized carbons (Fsp3) is 0.214. The maximum Gasteiger partial charge on any atom is 0.124 e. The van der Waals surface area contributed by atoms with Crippen molar-refractivity contribution in [3.8, 4) is 0 Å². The number of halogens is 1. The first kappa shape index (κ1) is 13.0. The topological polar surface area (TPSA) is 63.8 Å². The third-order valence-electron chi connectivity index (χ3n) is 3.22. The molecule has 0 aliphatic heterocycles. The van der Waals surface area contributed by atoms with E-state index in [1.165, 1.54) is 0 Å². The van der Waals surface area contributed by atoms with Gasteiger partial charge in [-0.3, -0.25) is 14.6 Å². The molecule has 6 heteroatoms. The number of hydrogen-bond donors (Lipinski definition) is 1. The lowest BCUT2D eigenvalue weighted by atomic mass is 10.0. The van der Waals surface area contributed by atoms with Crippen molar-refractivity contribution in [2.45, 2.75) is 19.6 Å². The average molecular weight is 289 g/mol. The maximum absolute atomic E-state index is 10.7. The second-order valence-corrected chi connectivity index (χ2v) is 4.77. The van der Waals surface area contributed by atoms with Gasteiger partial charge in [0.25, 0.3) is 0 Å². The van der Waals surface area contributed by atoms with Gasteiger partial charge >= 0.3 is 0 Å². The van der Waals surface area contributed by atoms with Gasteiger partial charge in [0, 0.05) is 24.5 Å². The van der Waals surface area contributed by atoms with Crippen LogP contribution in [-0.2, 0) is 6.54 Å². The van der Waals surface area contributed by atoms with Crippen molar-refractivity contribution >= 4 is 22.6 Å². The molecule has 0 fully saturated rings. The zero-order chi connectivity index (χ0) is 14.1. The summed E-state index contributed by atoms with van der Waals surface area (Å²) in [5.74, 6) is 0. The van der Waals surface area contributed by atoms with E-state index >= 15 is 0 Å². The largest absolute Gasteiger partial charge is 0.382 e. The molecule has 0 radical (unpaired) electrons. The number of benzene rings is 1. The van der Waals surface area contributed by atoms with Crippen LogP contribution in [0.25, 0.3) is 11.0 Å². The first-order valence-corrected chi connectivity index (χ1v) is 6.69. The molecule has 102 valence electrons. The fourth-order valence-electron chi connectivity index (χ4n) is 2.28. The molecule has 20 heavy (non-hydrogen) atoms. The van der Waals surface area contributed by atoms with Crippen molar-refractivity contribution in [2.24, 2.45) is 0 Å². The van der Waals surface area contributed by atoms with Gasteiger partial charge < -0.3 is 5.11 Å². The Hall–Kier alpha value is -1.98. The predicted octanol–water partition coefficient (Wildman–Crippen LogP) is 2.58. The molecule has 0 aliphatic carbocycles. The zero-order valence-electron chi connectivity index (χ0n) is 10.9. The van der Waals surface area contributed by atoms with Crippen molar-refractivity contribution in [3.05, 3.63) is 53.1 Å². The number of hydrogen-bond acceptors (Lipinski definition) is 4. The highest BCUT2D eigenvalue weighted by Gasteiger charge is 2.21. The summed E-state index contributed by atoms with van der Waals surface area (Å²) < 4.78 is 1.68. The Kier molecular flexibility index (Phi) is 3.38. The number of aliphatic hydroxyl groups excluding tert-OH is 1. The summed E-state index contributed by atoms with van der Waals surface area (Å²) in [7, 11) is 0. The van der Waals surface area contributed by atoms with E-state index in [0.29, 0.717) is 28.3 Å². The normalized spacial score (nSPS) is 12.8. The second kappa shape index (κ2) is 5.19. The summed E-state index contributed by atoms with van der Waals surface area (Å²) in [6.45, 7) is 2.58. The fourth-order valence-corrected chi connectivity index (χ4v) is 2.52. The van der Waals surface area contributed by atoms with Gasteiger partial charge in [-0.2, -0.15) is 5.10 Å². The Balaban J connectivity index is 2.17. The molecule has 0 saturated heterocycles. The van der Waals surface area contributed by atoms with Gasteiger partial charge in [-0.25, -0.2) is 0 Å². The van der Waals surface area contributed by atoms with Gasteiger partial charge in [0.15, 0.2) is 0 Å². The smallest absolute Gasteiger partial charge is 0.124 e. The summed E-state index contributed by atoms with van der Waals surface area (Å²) in [4.78, 5) is 8.54. The minimum atomic E-state index is -0.884. The molecule has 2 heterocycles. The van der Waals surface area contributed by atoms with E-state index < -0.39 is 6.10 Å². The van der Waals surface area contributed by atoms with Crippen LogP contribution >= 0.6 is 11.6 Å². The number of nitrogens with zero attached hydrogens (tertiary/aromatic N) is 4. The van der Waals surface area contributed by atoms with Crippen LogP contribution in [0.3, 0.4) is 0 Å². The van der Waals surface area contributed by atoms with Gasteiger partial charge in [-0.05, 0) is 13.0 Å². The van der Waals surface area contributed by atoms with Crippen LogP contribution in [-0.4, -0.2) is 24.9 Å². The SMILES string of the molecule is CCn1ncc(Cl)c1C(O)c1cccc2nccnc12. The van der Waals surface area contributed by atoms with E-state index in [0.717, 1.165) is 5.52 Å². The monoisotopic (exact) mass is 288 g/mol. The van der Waals surface area contributed by atoms with E-state index in [4.69, 9.17) is 11.6 Å². The van der Waals surface area contributed by atoms with Crippen LogP contribution in [0.4, 0.5) is 0 Å². The van der Waals surface area contributed by atoms with Crippen LogP contribution in [0.5, 0.6) is 0 Å². The van der Waals surface area contributed by atoms with E-state index in [1.807, 2.05) is 25.1 Å². The highest BCUT2D eigenvalue weighted by Crippen LogP contribution is 2.31. The minimum Gasteiger partial charge on any atom is -0.382 e. The van der Waals surface area contributed by atoms with Crippen LogP contribution in [0, 0.1) is 0 Å². The van der Waals surface area contributed by atoms with E-state index in [9.17, 15) is 5.11 Å². The minimum absolute atomic E-state index is 0.445. The van der Waals surface area contributed by atoms with Gasteiger partial charge in [-0.15, -0.1) is 0 Å². The highest BCUT2D eigenvalue weighted by atomic mass is 35.5. The van der Waals surface area contributed by atoms with Crippen molar-refractivity contribution in [2.75, 3.05) is 0 Å². The lowest BCUT2D eigenvalue weighted by Crippen LogP contribution is -2.10. The van der Waals surface area contributed by atoms with Crippen molar-refractivity contribution < 1.29 is 5.11 Å². The zero-order valence-corrected chi connectivity index (χ0v) is 11.6. The first-order chi connectivity index (χ1) is 9.72. The number of rotatable bonds is 3. The predicted molar refractivity (Wildman–Crippen MR) is 76.5 cm³/mol. The molecule has 2 aromatic heterocycles. The molecular weight excluding hydrogens is 276 g/mol. The molecular formula is C14H13ClN4O. The number of aryl methyl sites for hydroxylation is 1. The summed E-state index contributed by atoms with van der Waals surface area (Å²) in [6.07, 6.45) is 3.89. The summed E-state index contributed by atoms with van der Waals surface area (Å²) in [6, 6.07) is 5.53. The maximum atomic E-state index is 10.7. The van der Waals surface area contributed by atoms with Gasteiger partial charge in [-0.1, -0.05) is 23.7 Å². The number of aromatic nitrogens is 4. The summed E-state index contributed by atoms with van der Waals surface area (Å²) in [5, 5.41) is 15.3. The lowest BCUT2D eigenvalue weighted by Gasteiger charge is -2.14. The van der Waals surface area contributed by atoms with Crippen LogP contribution in [0.1, 0.15) is 24.3 Å². The van der Waals surface area contributed by atoms with Crippen molar-refractivity contribution in [1.29, 1.82) is 0 Å². The standard InChI is InChI=1S/C14H13ClN4O/c1-2-19-13(10(15)8-18-19)14(20)9-4-3-5-11-12(9)17-7-6-16-11/h3-8,14,20H,2H2,1H3. The quantitative estimate of drug-likeness (QED) is 0.804. The molecule has 3 rings (SSSR count). The van der Waals surface area contributed by atoms with Crippen LogP contribution < -0.4 is 0 Å². The second-order valence-electron chi connectivity index (χ2n) is 4.37. The van der Waals surface area contributed by atoms with E-state index in [1.54, 1.807) is 23.3 Å². The Morgan fingerprint density at radius 2 is 2.10 bits per heavy atom. The Morgan fingerprint density at radius 3 is 2.90 bits per heavy atom. The molecule has 1 aromatic carbocycles. The van der Waals surface area contributed by atoms with Crippen LogP contribution in [0.15, 0.2) is 36.8 Å². The molecule has 0 bridgehead atoms. The van der Waals surface area contributed by atoms with Crippen molar-refractivity contribution in [3.63, 3.8) is 0 Å². The molecule has 3 aromatic rings.